The zero-order valence-electron chi connectivity index (χ0n) is 9.55. The van der Waals surface area contributed by atoms with Crippen molar-refractivity contribution in [3.63, 3.8) is 0 Å². The Bertz CT molecular complexity index is 680. The fourth-order valence-corrected chi connectivity index (χ4v) is 2.76. The normalized spacial score (nSPS) is 10.7. The van der Waals surface area contributed by atoms with Crippen LogP contribution in [0.1, 0.15) is 5.56 Å². The molecule has 0 aliphatic heterocycles. The number of nitrogens with one attached hydrogen (secondary N) is 1. The number of fused-ring (bicyclic) bond motifs is 1. The zero-order valence-corrected chi connectivity index (χ0v) is 10.4. The molecule has 0 fully saturated rings. The summed E-state index contributed by atoms with van der Waals surface area (Å²) in [6.45, 7) is 0. The fraction of sp³-hybridized carbons (Fsp3) is 0. The number of nitrogen functional groups attached to an aromatic ring is 1. The van der Waals surface area contributed by atoms with Gasteiger partial charge in [0.1, 0.15) is 10.8 Å². The summed E-state index contributed by atoms with van der Waals surface area (Å²) in [5.41, 5.74) is 8.25. The minimum atomic E-state index is 0.0887. The first-order valence-electron chi connectivity index (χ1n) is 5.54. The van der Waals surface area contributed by atoms with Crippen molar-refractivity contribution in [3.8, 4) is 10.6 Å². The van der Waals surface area contributed by atoms with Gasteiger partial charge in [-0.3, -0.25) is 5.41 Å². The summed E-state index contributed by atoms with van der Waals surface area (Å²) < 4.78 is 1.18. The van der Waals surface area contributed by atoms with Gasteiger partial charge < -0.3 is 5.73 Å². The van der Waals surface area contributed by atoms with Gasteiger partial charge in [-0.1, -0.05) is 36.4 Å². The molecule has 0 radical (unpaired) electrons. The van der Waals surface area contributed by atoms with E-state index in [9.17, 15) is 0 Å². The number of thiazole rings is 1. The summed E-state index contributed by atoms with van der Waals surface area (Å²) >= 11 is 1.67. The van der Waals surface area contributed by atoms with Crippen LogP contribution in [-0.4, -0.2) is 10.8 Å². The minimum Gasteiger partial charge on any atom is -0.384 e. The molecule has 0 unspecified atom stereocenters. The van der Waals surface area contributed by atoms with Crippen molar-refractivity contribution in [2.45, 2.75) is 0 Å². The van der Waals surface area contributed by atoms with Gasteiger partial charge in [0.05, 0.1) is 10.2 Å². The number of nitrogens with two attached hydrogens (primary N) is 1. The summed E-state index contributed by atoms with van der Waals surface area (Å²) in [7, 11) is 0. The molecule has 1 heterocycles. The molecule has 0 amide bonds. The Morgan fingerprint density at radius 3 is 2.44 bits per heavy atom. The Morgan fingerprint density at radius 2 is 1.78 bits per heavy atom. The highest BCUT2D eigenvalue weighted by atomic mass is 32.1. The van der Waals surface area contributed by atoms with Crippen molar-refractivity contribution in [1.29, 1.82) is 5.41 Å². The number of hydrogen-bond acceptors (Lipinski definition) is 3. The van der Waals surface area contributed by atoms with E-state index in [-0.39, 0.29) is 5.84 Å². The average molecular weight is 253 g/mol. The number of nitrogens with zero attached hydrogens (tertiary/aromatic N) is 1. The average Bonchev–Trinajstić information content (AvgIpc) is 2.82. The van der Waals surface area contributed by atoms with E-state index >= 15 is 0 Å². The topological polar surface area (TPSA) is 62.8 Å². The standard InChI is InChI=1S/C14H11N3S/c15-13(16)9-5-7-10(8-6-9)14-17-11-3-1-2-4-12(11)18-14/h1-8H,(H3,15,16). The van der Waals surface area contributed by atoms with E-state index in [2.05, 4.69) is 11.1 Å². The molecule has 88 valence electrons. The predicted octanol–water partition coefficient (Wildman–Crippen LogP) is 3.25. The summed E-state index contributed by atoms with van der Waals surface area (Å²) in [6.07, 6.45) is 0. The molecular weight excluding hydrogens is 242 g/mol. The largest absolute Gasteiger partial charge is 0.384 e. The van der Waals surface area contributed by atoms with Crippen LogP contribution in [0.25, 0.3) is 20.8 Å². The second kappa shape index (κ2) is 4.23. The highest BCUT2D eigenvalue weighted by Crippen LogP contribution is 2.29. The van der Waals surface area contributed by atoms with E-state index in [1.165, 1.54) is 4.70 Å². The van der Waals surface area contributed by atoms with Crippen LogP contribution in [0.5, 0.6) is 0 Å². The number of hydrogen-bond donors (Lipinski definition) is 2. The highest BCUT2D eigenvalue weighted by molar-refractivity contribution is 7.21. The Morgan fingerprint density at radius 1 is 1.06 bits per heavy atom. The maximum Gasteiger partial charge on any atom is 0.124 e. The van der Waals surface area contributed by atoms with Crippen LogP contribution in [0.2, 0.25) is 0 Å². The Balaban J connectivity index is 2.06. The van der Waals surface area contributed by atoms with Crippen LogP contribution in [0.15, 0.2) is 48.5 Å². The first-order valence-corrected chi connectivity index (χ1v) is 6.36. The van der Waals surface area contributed by atoms with Crippen molar-refractivity contribution in [2.24, 2.45) is 5.73 Å². The molecular formula is C14H11N3S. The van der Waals surface area contributed by atoms with Crippen molar-refractivity contribution < 1.29 is 0 Å². The third-order valence-electron chi connectivity index (χ3n) is 2.74. The van der Waals surface area contributed by atoms with Gasteiger partial charge in [0.2, 0.25) is 0 Å². The van der Waals surface area contributed by atoms with Gasteiger partial charge in [0, 0.05) is 11.1 Å². The lowest BCUT2D eigenvalue weighted by molar-refractivity contribution is 1.42. The van der Waals surface area contributed by atoms with Crippen LogP contribution >= 0.6 is 11.3 Å². The molecule has 3 N–H and O–H groups in total. The molecule has 0 aliphatic carbocycles. The molecule has 3 nitrogen and oxygen atoms in total. The quantitative estimate of drug-likeness (QED) is 0.544. The molecule has 1 aromatic heterocycles. The summed E-state index contributed by atoms with van der Waals surface area (Å²) in [5.74, 6) is 0.0887. The number of para-hydroxylation sites is 1. The monoisotopic (exact) mass is 253 g/mol. The second-order valence-electron chi connectivity index (χ2n) is 3.98. The van der Waals surface area contributed by atoms with E-state index in [1.54, 1.807) is 11.3 Å². The van der Waals surface area contributed by atoms with Crippen LogP contribution < -0.4 is 5.73 Å². The van der Waals surface area contributed by atoms with E-state index in [1.807, 2.05) is 42.5 Å². The predicted molar refractivity (Wildman–Crippen MR) is 76.1 cm³/mol. The van der Waals surface area contributed by atoms with Gasteiger partial charge in [0.25, 0.3) is 0 Å². The first kappa shape index (κ1) is 10.9. The van der Waals surface area contributed by atoms with Crippen LogP contribution in [0, 0.1) is 5.41 Å². The van der Waals surface area contributed by atoms with Gasteiger partial charge >= 0.3 is 0 Å². The lowest BCUT2D eigenvalue weighted by Gasteiger charge is -1.99. The molecule has 18 heavy (non-hydrogen) atoms. The van der Waals surface area contributed by atoms with Crippen molar-refractivity contribution in [1.82, 2.24) is 4.98 Å². The molecule has 0 saturated heterocycles. The lowest BCUT2D eigenvalue weighted by Crippen LogP contribution is -2.10. The molecule has 3 rings (SSSR count). The summed E-state index contributed by atoms with van der Waals surface area (Å²) in [5, 5.41) is 8.36. The third kappa shape index (κ3) is 1.87. The van der Waals surface area contributed by atoms with Crippen molar-refractivity contribution >= 4 is 27.4 Å². The summed E-state index contributed by atoms with van der Waals surface area (Å²) in [6, 6.07) is 15.7. The van der Waals surface area contributed by atoms with Gasteiger partial charge in [0.15, 0.2) is 0 Å². The molecule has 0 atom stereocenters. The Labute approximate surface area is 108 Å². The molecule has 0 saturated carbocycles. The highest BCUT2D eigenvalue weighted by Gasteiger charge is 2.05. The van der Waals surface area contributed by atoms with Crippen molar-refractivity contribution in [2.75, 3.05) is 0 Å². The molecule has 0 aliphatic rings. The fourth-order valence-electron chi connectivity index (χ4n) is 1.79. The molecule has 0 spiro atoms. The van der Waals surface area contributed by atoms with Gasteiger partial charge in [-0.05, 0) is 12.1 Å². The van der Waals surface area contributed by atoms with Crippen molar-refractivity contribution in [3.05, 3.63) is 54.1 Å². The third-order valence-corrected chi connectivity index (χ3v) is 3.82. The summed E-state index contributed by atoms with van der Waals surface area (Å²) in [4.78, 5) is 4.59. The van der Waals surface area contributed by atoms with Gasteiger partial charge in [-0.2, -0.15) is 0 Å². The smallest absolute Gasteiger partial charge is 0.124 e. The van der Waals surface area contributed by atoms with E-state index in [4.69, 9.17) is 11.1 Å². The Kier molecular flexibility index (Phi) is 2.57. The lowest BCUT2D eigenvalue weighted by atomic mass is 10.1. The van der Waals surface area contributed by atoms with Crippen LogP contribution in [0.3, 0.4) is 0 Å². The zero-order chi connectivity index (χ0) is 12.5. The number of rotatable bonds is 2. The van der Waals surface area contributed by atoms with Crippen LogP contribution in [0.4, 0.5) is 0 Å². The maximum absolute atomic E-state index is 7.36. The molecule has 0 bridgehead atoms. The van der Waals surface area contributed by atoms with E-state index in [0.717, 1.165) is 21.7 Å². The first-order chi connectivity index (χ1) is 8.74. The van der Waals surface area contributed by atoms with Gasteiger partial charge in [-0.15, -0.1) is 11.3 Å². The second-order valence-corrected chi connectivity index (χ2v) is 5.01. The molecule has 4 heteroatoms. The van der Waals surface area contributed by atoms with E-state index < -0.39 is 0 Å². The number of benzene rings is 2. The SMILES string of the molecule is N=C(N)c1ccc(-c2nc3ccccc3s2)cc1. The number of aromatic nitrogens is 1. The maximum atomic E-state index is 7.36. The minimum absolute atomic E-state index is 0.0887. The van der Waals surface area contributed by atoms with Gasteiger partial charge in [-0.25, -0.2) is 4.98 Å². The van der Waals surface area contributed by atoms with Crippen LogP contribution in [-0.2, 0) is 0 Å². The molecule has 3 aromatic rings. The van der Waals surface area contributed by atoms with E-state index in [0.29, 0.717) is 0 Å². The molecule has 2 aromatic carbocycles. The number of amidine groups is 1. The Hall–Kier alpha value is -2.20.